The molecule has 1 aromatic rings. The van der Waals surface area contributed by atoms with Gasteiger partial charge in [-0.1, -0.05) is 24.3 Å². The Labute approximate surface area is 108 Å². The number of nitrogen functional groups attached to an aromatic ring is 1. The van der Waals surface area contributed by atoms with Crippen molar-refractivity contribution in [2.75, 3.05) is 12.3 Å². The number of nitrogens with one attached hydrogen (secondary N) is 1. The van der Waals surface area contributed by atoms with Gasteiger partial charge in [-0.15, -0.1) is 0 Å². The molecule has 3 heteroatoms. The largest absolute Gasteiger partial charge is 0.399 e. The minimum atomic E-state index is 0.0788. The van der Waals surface area contributed by atoms with E-state index in [1.54, 1.807) is 0 Å². The van der Waals surface area contributed by atoms with E-state index in [2.05, 4.69) is 17.5 Å². The van der Waals surface area contributed by atoms with Crippen LogP contribution in [0, 0.1) is 5.92 Å². The predicted octanol–water partition coefficient (Wildman–Crippen LogP) is 2.28. The lowest BCUT2D eigenvalue weighted by atomic mass is 9.94. The number of carbonyl (C=O) groups is 1. The third-order valence-corrected chi connectivity index (χ3v) is 3.28. The van der Waals surface area contributed by atoms with Gasteiger partial charge in [0.2, 0.25) is 5.91 Å². The molecule has 1 unspecified atom stereocenters. The van der Waals surface area contributed by atoms with E-state index in [4.69, 9.17) is 5.73 Å². The number of hydrogen-bond donors (Lipinski definition) is 2. The second kappa shape index (κ2) is 6.24. The fourth-order valence-corrected chi connectivity index (χ4v) is 2.25. The molecule has 0 heterocycles. The molecule has 3 N–H and O–H groups in total. The highest BCUT2D eigenvalue weighted by molar-refractivity contribution is 5.78. The molecule has 0 aromatic heterocycles. The Kier molecular flexibility index (Phi) is 4.40. The molecular weight excluding hydrogens is 224 g/mol. The first-order valence-electron chi connectivity index (χ1n) is 6.50. The lowest BCUT2D eigenvalue weighted by Crippen LogP contribution is -2.30. The van der Waals surface area contributed by atoms with Gasteiger partial charge in [0.25, 0.3) is 0 Å². The van der Waals surface area contributed by atoms with Crippen LogP contribution in [0.25, 0.3) is 0 Å². The minimum absolute atomic E-state index is 0.0788. The van der Waals surface area contributed by atoms with E-state index in [0.717, 1.165) is 24.9 Å². The second-order valence-corrected chi connectivity index (χ2v) is 4.88. The minimum Gasteiger partial charge on any atom is -0.399 e. The third-order valence-electron chi connectivity index (χ3n) is 3.28. The van der Waals surface area contributed by atoms with Crippen molar-refractivity contribution in [3.63, 3.8) is 0 Å². The van der Waals surface area contributed by atoms with Gasteiger partial charge in [-0.3, -0.25) is 4.79 Å². The van der Waals surface area contributed by atoms with Gasteiger partial charge in [0, 0.05) is 12.2 Å². The number of anilines is 1. The molecule has 2 rings (SSSR count). The highest BCUT2D eigenvalue weighted by Crippen LogP contribution is 2.16. The molecule has 1 aliphatic rings. The van der Waals surface area contributed by atoms with E-state index in [1.165, 1.54) is 6.42 Å². The van der Waals surface area contributed by atoms with Gasteiger partial charge in [0.1, 0.15) is 0 Å². The van der Waals surface area contributed by atoms with Crippen LogP contribution in [0.5, 0.6) is 0 Å². The van der Waals surface area contributed by atoms with E-state index in [9.17, 15) is 4.79 Å². The highest BCUT2D eigenvalue weighted by atomic mass is 16.1. The van der Waals surface area contributed by atoms with Gasteiger partial charge in [-0.05, 0) is 42.9 Å². The topological polar surface area (TPSA) is 55.1 Å². The van der Waals surface area contributed by atoms with E-state index in [1.807, 2.05) is 24.3 Å². The first kappa shape index (κ1) is 12.7. The number of carbonyl (C=O) groups excluding carboxylic acids is 1. The fourth-order valence-electron chi connectivity index (χ4n) is 2.25. The lowest BCUT2D eigenvalue weighted by molar-refractivity contribution is -0.120. The van der Waals surface area contributed by atoms with Crippen molar-refractivity contribution in [1.29, 1.82) is 0 Å². The van der Waals surface area contributed by atoms with Gasteiger partial charge < -0.3 is 11.1 Å². The average Bonchev–Trinajstić information content (AvgIpc) is 2.38. The Morgan fingerprint density at radius 2 is 2.28 bits per heavy atom. The highest BCUT2D eigenvalue weighted by Gasteiger charge is 2.11. The van der Waals surface area contributed by atoms with Crippen molar-refractivity contribution >= 4 is 11.6 Å². The summed E-state index contributed by atoms with van der Waals surface area (Å²) in [6, 6.07) is 7.49. The average molecular weight is 244 g/mol. The number of allylic oxidation sites excluding steroid dienone is 2. The quantitative estimate of drug-likeness (QED) is 0.630. The van der Waals surface area contributed by atoms with E-state index >= 15 is 0 Å². The van der Waals surface area contributed by atoms with Crippen LogP contribution in [0.3, 0.4) is 0 Å². The molecule has 18 heavy (non-hydrogen) atoms. The van der Waals surface area contributed by atoms with Crippen LogP contribution in [0.15, 0.2) is 36.4 Å². The van der Waals surface area contributed by atoms with Gasteiger partial charge >= 0.3 is 0 Å². The first-order valence-corrected chi connectivity index (χ1v) is 6.50. The van der Waals surface area contributed by atoms with Crippen LogP contribution in [-0.2, 0) is 11.2 Å². The Morgan fingerprint density at radius 1 is 1.39 bits per heavy atom. The molecule has 0 bridgehead atoms. The van der Waals surface area contributed by atoms with Crippen LogP contribution < -0.4 is 11.1 Å². The first-order chi connectivity index (χ1) is 8.74. The molecular formula is C15H20N2O. The molecule has 3 nitrogen and oxygen atoms in total. The molecule has 1 amide bonds. The molecule has 0 saturated carbocycles. The summed E-state index contributed by atoms with van der Waals surface area (Å²) in [6.45, 7) is 0.783. The fraction of sp³-hybridized carbons (Fsp3) is 0.400. The lowest BCUT2D eigenvalue weighted by Gasteiger charge is -2.18. The summed E-state index contributed by atoms with van der Waals surface area (Å²) in [5.41, 5.74) is 7.36. The maximum absolute atomic E-state index is 11.8. The van der Waals surface area contributed by atoms with Gasteiger partial charge in [-0.25, -0.2) is 0 Å². The smallest absolute Gasteiger partial charge is 0.224 e. The standard InChI is InChI=1S/C15H20N2O/c16-14-8-4-7-13(9-14)10-15(18)17-11-12-5-2-1-3-6-12/h1-2,4,7-9,12H,3,5-6,10-11,16H2,(H,17,18). The Balaban J connectivity index is 1.76. The summed E-state index contributed by atoms with van der Waals surface area (Å²) in [4.78, 5) is 11.8. The molecule has 0 spiro atoms. The van der Waals surface area contributed by atoms with E-state index < -0.39 is 0 Å². The van der Waals surface area contributed by atoms with Gasteiger partial charge in [0.15, 0.2) is 0 Å². The van der Waals surface area contributed by atoms with Crippen molar-refractivity contribution in [2.45, 2.75) is 25.7 Å². The second-order valence-electron chi connectivity index (χ2n) is 4.88. The summed E-state index contributed by atoms with van der Waals surface area (Å²) < 4.78 is 0. The van der Waals surface area contributed by atoms with Gasteiger partial charge in [-0.2, -0.15) is 0 Å². The Hall–Kier alpha value is -1.77. The molecule has 1 aliphatic carbocycles. The van der Waals surface area contributed by atoms with Crippen LogP contribution in [0.4, 0.5) is 5.69 Å². The zero-order chi connectivity index (χ0) is 12.8. The van der Waals surface area contributed by atoms with Crippen LogP contribution in [0.2, 0.25) is 0 Å². The molecule has 0 fully saturated rings. The maximum atomic E-state index is 11.8. The summed E-state index contributed by atoms with van der Waals surface area (Å²) >= 11 is 0. The van der Waals surface area contributed by atoms with E-state index in [-0.39, 0.29) is 5.91 Å². The summed E-state index contributed by atoms with van der Waals surface area (Å²) in [6.07, 6.45) is 8.22. The number of amides is 1. The Bertz CT molecular complexity index is 440. The number of hydrogen-bond acceptors (Lipinski definition) is 2. The third kappa shape index (κ3) is 3.91. The zero-order valence-corrected chi connectivity index (χ0v) is 10.6. The number of benzene rings is 1. The van der Waals surface area contributed by atoms with Crippen LogP contribution >= 0.6 is 0 Å². The zero-order valence-electron chi connectivity index (χ0n) is 10.6. The number of rotatable bonds is 4. The summed E-state index contributed by atoms with van der Waals surface area (Å²) in [5, 5.41) is 3.01. The normalized spacial score (nSPS) is 18.6. The van der Waals surface area contributed by atoms with Crippen molar-refractivity contribution < 1.29 is 4.79 Å². The van der Waals surface area contributed by atoms with Crippen LogP contribution in [0.1, 0.15) is 24.8 Å². The molecule has 0 radical (unpaired) electrons. The van der Waals surface area contributed by atoms with E-state index in [0.29, 0.717) is 18.0 Å². The van der Waals surface area contributed by atoms with Crippen molar-refractivity contribution in [2.24, 2.45) is 5.92 Å². The molecule has 0 saturated heterocycles. The maximum Gasteiger partial charge on any atom is 0.224 e. The summed E-state index contributed by atoms with van der Waals surface area (Å²) in [5.74, 6) is 0.676. The number of nitrogens with two attached hydrogens (primary N) is 1. The monoisotopic (exact) mass is 244 g/mol. The molecule has 1 aromatic carbocycles. The van der Waals surface area contributed by atoms with Crippen molar-refractivity contribution in [3.8, 4) is 0 Å². The Morgan fingerprint density at radius 3 is 3.00 bits per heavy atom. The predicted molar refractivity (Wildman–Crippen MR) is 74.0 cm³/mol. The van der Waals surface area contributed by atoms with Gasteiger partial charge in [0.05, 0.1) is 6.42 Å². The molecule has 96 valence electrons. The molecule has 0 aliphatic heterocycles. The SMILES string of the molecule is Nc1cccc(CC(=O)NCC2CC=CCC2)c1. The summed E-state index contributed by atoms with van der Waals surface area (Å²) in [7, 11) is 0. The van der Waals surface area contributed by atoms with Crippen molar-refractivity contribution in [3.05, 3.63) is 42.0 Å². The van der Waals surface area contributed by atoms with Crippen LogP contribution in [-0.4, -0.2) is 12.5 Å². The molecule has 1 atom stereocenters. The van der Waals surface area contributed by atoms with Crippen molar-refractivity contribution in [1.82, 2.24) is 5.32 Å².